The van der Waals surface area contributed by atoms with Crippen LogP contribution in [0.4, 0.5) is 0 Å². The zero-order valence-corrected chi connectivity index (χ0v) is 8.20. The molecule has 0 aliphatic rings. The molecule has 0 unspecified atom stereocenters. The van der Waals surface area contributed by atoms with Crippen LogP contribution in [0.5, 0.6) is 0 Å². The zero-order chi connectivity index (χ0) is 11.4. The van der Waals surface area contributed by atoms with Crippen LogP contribution in [0.3, 0.4) is 0 Å². The van der Waals surface area contributed by atoms with Gasteiger partial charge in [0.25, 0.3) is 5.82 Å². The van der Waals surface area contributed by atoms with Crippen LogP contribution >= 0.6 is 0 Å². The summed E-state index contributed by atoms with van der Waals surface area (Å²) in [5.74, 6) is 0.113. The van der Waals surface area contributed by atoms with E-state index in [9.17, 15) is 0 Å². The highest BCUT2D eigenvalue weighted by molar-refractivity contribution is 5.30. The molecule has 0 radical (unpaired) electrons. The molecule has 2 aromatic heterocycles. The predicted octanol–water partition coefficient (Wildman–Crippen LogP) is 0.465. The molecule has 2 heterocycles. The molecule has 0 aromatic carbocycles. The number of pyridine rings is 1. The molecular formula is C10H6N6. The Bertz CT molecular complexity index is 586. The molecule has 0 aliphatic carbocycles. The van der Waals surface area contributed by atoms with Crippen LogP contribution in [0.1, 0.15) is 17.1 Å². The first kappa shape index (κ1) is 9.81. The Hall–Kier alpha value is -2.73. The Kier molecular flexibility index (Phi) is 2.57. The largest absolute Gasteiger partial charge is 0.252 e. The summed E-state index contributed by atoms with van der Waals surface area (Å²) in [4.78, 5) is 7.71. The van der Waals surface area contributed by atoms with E-state index in [1.165, 1.54) is 11.0 Å². The maximum absolute atomic E-state index is 8.84. The van der Waals surface area contributed by atoms with Gasteiger partial charge in [-0.1, -0.05) is 6.07 Å². The molecule has 0 bridgehead atoms. The molecular weight excluding hydrogens is 204 g/mol. The van der Waals surface area contributed by atoms with E-state index in [2.05, 4.69) is 15.1 Å². The minimum atomic E-state index is 0.113. The molecule has 0 atom stereocenters. The van der Waals surface area contributed by atoms with Crippen LogP contribution in [0, 0.1) is 22.7 Å². The fourth-order valence-electron chi connectivity index (χ4n) is 1.26. The lowest BCUT2D eigenvalue weighted by Gasteiger charge is -2.01. The van der Waals surface area contributed by atoms with E-state index in [1.807, 2.05) is 12.1 Å². The van der Waals surface area contributed by atoms with Crippen molar-refractivity contribution in [2.24, 2.45) is 0 Å². The van der Waals surface area contributed by atoms with Gasteiger partial charge in [0.2, 0.25) is 0 Å². The summed E-state index contributed by atoms with van der Waals surface area (Å²) < 4.78 is 1.50. The number of nitrogens with zero attached hydrogens (tertiary/aromatic N) is 6. The van der Waals surface area contributed by atoms with E-state index in [0.717, 1.165) is 5.56 Å². The SMILES string of the molecule is N#Cc1ncn(Cc2cccnc2C#N)n1. The van der Waals surface area contributed by atoms with Gasteiger partial charge < -0.3 is 0 Å². The summed E-state index contributed by atoms with van der Waals surface area (Å²) in [7, 11) is 0. The normalized spacial score (nSPS) is 9.38. The Morgan fingerprint density at radius 3 is 2.81 bits per heavy atom. The van der Waals surface area contributed by atoms with Crippen molar-refractivity contribution in [3.8, 4) is 12.1 Å². The summed E-state index contributed by atoms with van der Waals surface area (Å²) in [5, 5.41) is 21.3. The molecule has 76 valence electrons. The van der Waals surface area contributed by atoms with Crippen LogP contribution in [0.2, 0.25) is 0 Å². The summed E-state index contributed by atoms with van der Waals surface area (Å²) >= 11 is 0. The molecule has 0 aliphatic heterocycles. The summed E-state index contributed by atoms with van der Waals surface area (Å²) in [6.07, 6.45) is 3.01. The van der Waals surface area contributed by atoms with Gasteiger partial charge in [0.15, 0.2) is 0 Å². The molecule has 0 spiro atoms. The van der Waals surface area contributed by atoms with E-state index in [-0.39, 0.29) is 5.82 Å². The first-order valence-electron chi connectivity index (χ1n) is 4.47. The quantitative estimate of drug-likeness (QED) is 0.718. The second-order valence-corrected chi connectivity index (χ2v) is 3.00. The molecule has 0 saturated carbocycles. The van der Waals surface area contributed by atoms with Crippen molar-refractivity contribution in [3.05, 3.63) is 41.7 Å². The average molecular weight is 210 g/mol. The smallest absolute Gasteiger partial charge is 0.247 e. The van der Waals surface area contributed by atoms with Gasteiger partial charge in [0.05, 0.1) is 6.54 Å². The number of hydrogen-bond donors (Lipinski definition) is 0. The van der Waals surface area contributed by atoms with Gasteiger partial charge in [-0.05, 0) is 6.07 Å². The number of aromatic nitrogens is 4. The highest BCUT2D eigenvalue weighted by Crippen LogP contribution is 2.05. The van der Waals surface area contributed by atoms with Crippen LogP contribution < -0.4 is 0 Å². The lowest BCUT2D eigenvalue weighted by molar-refractivity contribution is 0.679. The van der Waals surface area contributed by atoms with Crippen LogP contribution in [-0.2, 0) is 6.54 Å². The Balaban J connectivity index is 2.28. The molecule has 6 nitrogen and oxygen atoms in total. The summed E-state index contributed by atoms with van der Waals surface area (Å²) in [6.45, 7) is 0.380. The van der Waals surface area contributed by atoms with E-state index in [1.54, 1.807) is 18.3 Å². The lowest BCUT2D eigenvalue weighted by atomic mass is 10.2. The molecule has 6 heteroatoms. The molecule has 0 fully saturated rings. The zero-order valence-electron chi connectivity index (χ0n) is 8.20. The van der Waals surface area contributed by atoms with Gasteiger partial charge in [-0.15, -0.1) is 5.10 Å². The first-order valence-corrected chi connectivity index (χ1v) is 4.47. The van der Waals surface area contributed by atoms with Crippen LogP contribution in [0.25, 0.3) is 0 Å². The van der Waals surface area contributed by atoms with E-state index in [4.69, 9.17) is 10.5 Å². The molecule has 2 rings (SSSR count). The Labute approximate surface area is 91.4 Å². The van der Waals surface area contributed by atoms with Crippen molar-refractivity contribution in [2.75, 3.05) is 0 Å². The minimum Gasteiger partial charge on any atom is -0.247 e. The van der Waals surface area contributed by atoms with Gasteiger partial charge in [-0.25, -0.2) is 14.6 Å². The average Bonchev–Trinajstić information content (AvgIpc) is 2.77. The molecule has 0 saturated heterocycles. The molecule has 16 heavy (non-hydrogen) atoms. The van der Waals surface area contributed by atoms with Gasteiger partial charge in [-0.2, -0.15) is 10.5 Å². The first-order chi connectivity index (χ1) is 7.83. The maximum atomic E-state index is 8.84. The second-order valence-electron chi connectivity index (χ2n) is 3.00. The Morgan fingerprint density at radius 1 is 1.25 bits per heavy atom. The molecule has 2 aromatic rings. The van der Waals surface area contributed by atoms with Crippen molar-refractivity contribution in [1.29, 1.82) is 10.5 Å². The second kappa shape index (κ2) is 4.20. The van der Waals surface area contributed by atoms with Crippen molar-refractivity contribution >= 4 is 0 Å². The third kappa shape index (κ3) is 1.86. The Morgan fingerprint density at radius 2 is 2.12 bits per heavy atom. The standard InChI is InChI=1S/C10H6N6/c11-4-9-8(2-1-3-13-9)6-16-7-14-10(5-12)15-16/h1-3,7H,6H2. The maximum Gasteiger partial charge on any atom is 0.252 e. The number of rotatable bonds is 2. The van der Waals surface area contributed by atoms with E-state index < -0.39 is 0 Å². The fraction of sp³-hybridized carbons (Fsp3) is 0.100. The summed E-state index contributed by atoms with van der Waals surface area (Å²) in [6, 6.07) is 7.38. The van der Waals surface area contributed by atoms with Gasteiger partial charge in [-0.3, -0.25) is 0 Å². The lowest BCUT2D eigenvalue weighted by Crippen LogP contribution is -2.03. The van der Waals surface area contributed by atoms with Crippen LogP contribution in [-0.4, -0.2) is 19.7 Å². The number of hydrogen-bond acceptors (Lipinski definition) is 5. The van der Waals surface area contributed by atoms with Crippen molar-refractivity contribution in [1.82, 2.24) is 19.7 Å². The van der Waals surface area contributed by atoms with Crippen molar-refractivity contribution in [3.63, 3.8) is 0 Å². The van der Waals surface area contributed by atoms with Gasteiger partial charge >= 0.3 is 0 Å². The van der Waals surface area contributed by atoms with Gasteiger partial charge in [0, 0.05) is 11.8 Å². The van der Waals surface area contributed by atoms with Crippen molar-refractivity contribution in [2.45, 2.75) is 6.54 Å². The van der Waals surface area contributed by atoms with E-state index in [0.29, 0.717) is 12.2 Å². The monoisotopic (exact) mass is 210 g/mol. The topological polar surface area (TPSA) is 91.2 Å². The number of nitriles is 2. The highest BCUT2D eigenvalue weighted by atomic mass is 15.3. The minimum absolute atomic E-state index is 0.113. The fourth-order valence-corrected chi connectivity index (χ4v) is 1.26. The van der Waals surface area contributed by atoms with Crippen LogP contribution in [0.15, 0.2) is 24.7 Å². The molecule has 0 N–H and O–H groups in total. The van der Waals surface area contributed by atoms with E-state index >= 15 is 0 Å². The third-order valence-electron chi connectivity index (χ3n) is 1.97. The van der Waals surface area contributed by atoms with Crippen molar-refractivity contribution < 1.29 is 0 Å². The predicted molar refractivity (Wildman–Crippen MR) is 52.8 cm³/mol. The molecule has 0 amide bonds. The highest BCUT2D eigenvalue weighted by Gasteiger charge is 2.05. The summed E-state index contributed by atoms with van der Waals surface area (Å²) in [5.41, 5.74) is 1.11. The van der Waals surface area contributed by atoms with Gasteiger partial charge in [0.1, 0.15) is 24.2 Å². The third-order valence-corrected chi connectivity index (χ3v) is 1.97.